The molecule has 0 aromatic carbocycles. The van der Waals surface area contributed by atoms with E-state index in [2.05, 4.69) is 6.58 Å². The molecule has 3 nitrogen and oxygen atoms in total. The zero-order chi connectivity index (χ0) is 9.23. The number of carbonyl (C=O) groups excluding carboxylic acids is 2. The molecule has 0 aromatic heterocycles. The quantitative estimate of drug-likeness (QED) is 0.251. The molecule has 0 aliphatic carbocycles. The van der Waals surface area contributed by atoms with Crippen molar-refractivity contribution in [3.05, 3.63) is 12.7 Å². The maximum Gasteiger partial charge on any atom is 0.306 e. The Balaban J connectivity index is 3.19. The molecule has 0 aliphatic rings. The van der Waals surface area contributed by atoms with Gasteiger partial charge in [0.2, 0.25) is 0 Å². The zero-order valence-electron chi connectivity index (χ0n) is 7.12. The van der Waals surface area contributed by atoms with Crippen molar-refractivity contribution in [3.8, 4) is 0 Å². The maximum atomic E-state index is 10.8. The summed E-state index contributed by atoms with van der Waals surface area (Å²) in [6.07, 6.45) is 4.77. The number of hydrogen-bond donors (Lipinski definition) is 0. The van der Waals surface area contributed by atoms with Gasteiger partial charge in [-0.3, -0.25) is 4.79 Å². The number of hydrogen-bond acceptors (Lipinski definition) is 3. The van der Waals surface area contributed by atoms with Crippen LogP contribution in [0.15, 0.2) is 12.7 Å². The molecule has 0 amide bonds. The highest BCUT2D eigenvalue weighted by Gasteiger charge is 1.99. The lowest BCUT2D eigenvalue weighted by Gasteiger charge is -1.99. The van der Waals surface area contributed by atoms with Crippen LogP contribution in [0.3, 0.4) is 0 Å². The van der Waals surface area contributed by atoms with Crippen molar-refractivity contribution < 1.29 is 14.3 Å². The second-order valence-corrected chi connectivity index (χ2v) is 2.38. The Bertz CT molecular complexity index is 152. The van der Waals surface area contributed by atoms with Gasteiger partial charge >= 0.3 is 5.97 Å². The van der Waals surface area contributed by atoms with Gasteiger partial charge in [0.1, 0.15) is 12.9 Å². The SMILES string of the molecule is C=CCOC(=O)CCCCC=O. The molecule has 0 bridgehead atoms. The minimum atomic E-state index is -0.221. The van der Waals surface area contributed by atoms with E-state index in [9.17, 15) is 9.59 Å². The fraction of sp³-hybridized carbons (Fsp3) is 0.556. The largest absolute Gasteiger partial charge is 0.461 e. The number of rotatable bonds is 7. The summed E-state index contributed by atoms with van der Waals surface area (Å²) in [4.78, 5) is 20.7. The van der Waals surface area contributed by atoms with Gasteiger partial charge in [-0.15, -0.1) is 0 Å². The first-order valence-electron chi connectivity index (χ1n) is 4.01. The smallest absolute Gasteiger partial charge is 0.306 e. The van der Waals surface area contributed by atoms with Crippen LogP contribution in [0.1, 0.15) is 25.7 Å². The van der Waals surface area contributed by atoms with Gasteiger partial charge in [0.15, 0.2) is 0 Å². The van der Waals surface area contributed by atoms with Crippen molar-refractivity contribution >= 4 is 12.3 Å². The van der Waals surface area contributed by atoms with Crippen LogP contribution >= 0.6 is 0 Å². The Kier molecular flexibility index (Phi) is 7.24. The minimum Gasteiger partial charge on any atom is -0.461 e. The van der Waals surface area contributed by atoms with Crippen molar-refractivity contribution in [2.45, 2.75) is 25.7 Å². The summed E-state index contributed by atoms with van der Waals surface area (Å²) in [6.45, 7) is 3.69. The van der Waals surface area contributed by atoms with Gasteiger partial charge in [0.05, 0.1) is 0 Å². The molecule has 0 fully saturated rings. The molecule has 0 spiro atoms. The molecule has 0 saturated carbocycles. The van der Waals surface area contributed by atoms with Gasteiger partial charge in [-0.2, -0.15) is 0 Å². The Hall–Kier alpha value is -1.12. The Morgan fingerprint density at radius 3 is 2.75 bits per heavy atom. The normalized spacial score (nSPS) is 9.00. The molecule has 0 N–H and O–H groups in total. The van der Waals surface area contributed by atoms with E-state index in [-0.39, 0.29) is 12.6 Å². The number of unbranched alkanes of at least 4 members (excludes halogenated alkanes) is 2. The van der Waals surface area contributed by atoms with E-state index in [1.54, 1.807) is 0 Å². The van der Waals surface area contributed by atoms with Gasteiger partial charge in [0, 0.05) is 12.8 Å². The van der Waals surface area contributed by atoms with Crippen molar-refractivity contribution in [1.82, 2.24) is 0 Å². The summed E-state index contributed by atoms with van der Waals surface area (Å²) >= 11 is 0. The van der Waals surface area contributed by atoms with Crippen LogP contribution in [-0.4, -0.2) is 18.9 Å². The molecule has 3 heteroatoms. The third-order valence-corrected chi connectivity index (χ3v) is 1.32. The Labute approximate surface area is 72.4 Å². The number of carbonyl (C=O) groups is 2. The fourth-order valence-electron chi connectivity index (χ4n) is 0.721. The second-order valence-electron chi connectivity index (χ2n) is 2.38. The number of ether oxygens (including phenoxy) is 1. The third-order valence-electron chi connectivity index (χ3n) is 1.32. The molecule has 0 radical (unpaired) electrons. The first kappa shape index (κ1) is 10.9. The van der Waals surface area contributed by atoms with Crippen LogP contribution in [0.2, 0.25) is 0 Å². The van der Waals surface area contributed by atoms with E-state index in [4.69, 9.17) is 4.74 Å². The van der Waals surface area contributed by atoms with Gasteiger partial charge < -0.3 is 9.53 Å². The number of aldehydes is 1. The lowest BCUT2D eigenvalue weighted by molar-refractivity contribution is -0.142. The van der Waals surface area contributed by atoms with E-state index < -0.39 is 0 Å². The predicted molar refractivity (Wildman–Crippen MR) is 45.7 cm³/mol. The summed E-state index contributed by atoms with van der Waals surface area (Å²) < 4.78 is 4.73. The monoisotopic (exact) mass is 170 g/mol. The molecule has 0 saturated heterocycles. The molecular formula is C9H14O3. The van der Waals surface area contributed by atoms with Crippen LogP contribution in [0, 0.1) is 0 Å². The number of esters is 1. The Morgan fingerprint density at radius 1 is 1.42 bits per heavy atom. The van der Waals surface area contributed by atoms with E-state index >= 15 is 0 Å². The Morgan fingerprint density at radius 2 is 2.17 bits per heavy atom. The molecule has 12 heavy (non-hydrogen) atoms. The standard InChI is InChI=1S/C9H14O3/c1-2-8-12-9(11)6-4-3-5-7-10/h2,7H,1,3-6,8H2. The summed E-state index contributed by atoms with van der Waals surface area (Å²) in [5.74, 6) is -0.221. The predicted octanol–water partition coefficient (Wildman–Crippen LogP) is 1.47. The van der Waals surface area contributed by atoms with Gasteiger partial charge in [-0.05, 0) is 12.8 Å². The van der Waals surface area contributed by atoms with Crippen LogP contribution in [0.25, 0.3) is 0 Å². The van der Waals surface area contributed by atoms with Gasteiger partial charge in [-0.25, -0.2) is 0 Å². The highest BCUT2D eigenvalue weighted by atomic mass is 16.5. The summed E-state index contributed by atoms with van der Waals surface area (Å²) in [6, 6.07) is 0. The van der Waals surface area contributed by atoms with Gasteiger partial charge in [0.25, 0.3) is 0 Å². The molecule has 0 heterocycles. The van der Waals surface area contributed by atoms with Crippen molar-refractivity contribution in [3.63, 3.8) is 0 Å². The van der Waals surface area contributed by atoms with Crippen LogP contribution in [-0.2, 0) is 14.3 Å². The molecule has 0 atom stereocenters. The van der Waals surface area contributed by atoms with E-state index in [0.29, 0.717) is 19.3 Å². The molecule has 0 aliphatic heterocycles. The van der Waals surface area contributed by atoms with Crippen molar-refractivity contribution in [2.75, 3.05) is 6.61 Å². The lowest BCUT2D eigenvalue weighted by atomic mass is 10.2. The maximum absolute atomic E-state index is 10.8. The zero-order valence-corrected chi connectivity index (χ0v) is 7.12. The molecule has 0 aromatic rings. The summed E-state index contributed by atoms with van der Waals surface area (Å²) in [5, 5.41) is 0. The fourth-order valence-corrected chi connectivity index (χ4v) is 0.721. The summed E-state index contributed by atoms with van der Waals surface area (Å²) in [7, 11) is 0. The molecular weight excluding hydrogens is 156 g/mol. The second kappa shape index (κ2) is 7.98. The molecule has 0 unspecified atom stereocenters. The van der Waals surface area contributed by atoms with Crippen molar-refractivity contribution in [1.29, 1.82) is 0 Å². The topological polar surface area (TPSA) is 43.4 Å². The van der Waals surface area contributed by atoms with Crippen LogP contribution in [0.4, 0.5) is 0 Å². The summed E-state index contributed by atoms with van der Waals surface area (Å²) in [5.41, 5.74) is 0. The lowest BCUT2D eigenvalue weighted by Crippen LogP contribution is -2.03. The molecule has 68 valence electrons. The first-order valence-corrected chi connectivity index (χ1v) is 4.01. The average molecular weight is 170 g/mol. The van der Waals surface area contributed by atoms with Crippen LogP contribution in [0.5, 0.6) is 0 Å². The van der Waals surface area contributed by atoms with E-state index in [1.807, 2.05) is 0 Å². The van der Waals surface area contributed by atoms with Gasteiger partial charge in [-0.1, -0.05) is 12.7 Å². The van der Waals surface area contributed by atoms with E-state index in [1.165, 1.54) is 6.08 Å². The third kappa shape index (κ3) is 6.99. The minimum absolute atomic E-state index is 0.221. The first-order chi connectivity index (χ1) is 5.81. The molecule has 0 rings (SSSR count). The highest BCUT2D eigenvalue weighted by Crippen LogP contribution is 1.99. The van der Waals surface area contributed by atoms with E-state index in [0.717, 1.165) is 12.7 Å². The highest BCUT2D eigenvalue weighted by molar-refractivity contribution is 5.69. The van der Waals surface area contributed by atoms with Crippen molar-refractivity contribution in [2.24, 2.45) is 0 Å². The average Bonchev–Trinajstić information content (AvgIpc) is 2.09. The van der Waals surface area contributed by atoms with Crippen LogP contribution < -0.4 is 0 Å².